The number of ether oxygens (including phenoxy) is 1. The van der Waals surface area contributed by atoms with Gasteiger partial charge in [0.15, 0.2) is 0 Å². The Hall–Kier alpha value is -1.63. The Bertz CT molecular complexity index is 534. The number of aromatic nitrogens is 1. The van der Waals surface area contributed by atoms with Gasteiger partial charge in [0.25, 0.3) is 0 Å². The Morgan fingerprint density at radius 1 is 1.12 bits per heavy atom. The van der Waals surface area contributed by atoms with Crippen molar-refractivity contribution in [2.75, 3.05) is 18.9 Å². The van der Waals surface area contributed by atoms with Crippen molar-refractivity contribution in [2.24, 2.45) is 0 Å². The van der Waals surface area contributed by atoms with Crippen molar-refractivity contribution < 1.29 is 46.4 Å². The van der Waals surface area contributed by atoms with E-state index >= 15 is 0 Å². The zero-order valence-electron chi connectivity index (χ0n) is 12.6. The van der Waals surface area contributed by atoms with Crippen molar-refractivity contribution >= 4 is 5.82 Å². The minimum Gasteiger partial charge on any atom is -0.394 e. The van der Waals surface area contributed by atoms with Crippen LogP contribution < -0.4 is 5.73 Å². The predicted octanol–water partition coefficient (Wildman–Crippen LogP) is 1.19. The van der Waals surface area contributed by atoms with Gasteiger partial charge in [-0.15, -0.1) is 0 Å². The number of hydrogen-bond acceptors (Lipinski definition) is 6. The van der Waals surface area contributed by atoms with Gasteiger partial charge in [0.1, 0.15) is 23.7 Å². The minimum atomic E-state index is -4.95. The molecular weight excluding hydrogens is 362 g/mol. The van der Waals surface area contributed by atoms with Crippen molar-refractivity contribution in [1.29, 1.82) is 0 Å². The van der Waals surface area contributed by atoms with E-state index in [1.807, 2.05) is 0 Å². The lowest BCUT2D eigenvalue weighted by molar-refractivity contribution is -0.147. The Morgan fingerprint density at radius 2 is 1.72 bits per heavy atom. The molecule has 12 heteroatoms. The van der Waals surface area contributed by atoms with Crippen LogP contribution in [0, 0.1) is 0 Å². The van der Waals surface area contributed by atoms with Gasteiger partial charge in [0.05, 0.1) is 18.3 Å². The Labute approximate surface area is 137 Å². The number of rotatable bonds is 1. The summed E-state index contributed by atoms with van der Waals surface area (Å²) in [6.45, 7) is 0.168. The number of aliphatic hydroxyl groups is 3. The lowest BCUT2D eigenvalue weighted by Crippen LogP contribution is -2.46. The standard InChI is InChI=1S/C7H4F6N2.C6H12O4/c8-6(9,10)3-1-4(7(11,12)13)15-5(14)2-3;7-3-5-6(9)4(8)1-2-10-5/h1-2H,(H2,14,15);4-9H,1-3H2. The Morgan fingerprint density at radius 3 is 2.16 bits per heavy atom. The maximum absolute atomic E-state index is 12.1. The number of hydrogen-bond donors (Lipinski definition) is 4. The minimum absolute atomic E-state index is 0.0869. The number of pyridine rings is 1. The van der Waals surface area contributed by atoms with E-state index in [1.54, 1.807) is 0 Å². The Balaban J connectivity index is 0.000000271. The molecule has 0 aliphatic carbocycles. The molecule has 5 N–H and O–H groups in total. The molecule has 0 radical (unpaired) electrons. The largest absolute Gasteiger partial charge is 0.433 e. The van der Waals surface area contributed by atoms with Crippen molar-refractivity contribution in [3.05, 3.63) is 23.4 Å². The first-order valence-electron chi connectivity index (χ1n) is 6.86. The number of nitrogens with two attached hydrogens (primary N) is 1. The van der Waals surface area contributed by atoms with Gasteiger partial charge < -0.3 is 25.8 Å². The average molecular weight is 378 g/mol. The fourth-order valence-corrected chi connectivity index (χ4v) is 1.88. The van der Waals surface area contributed by atoms with Gasteiger partial charge in [0.2, 0.25) is 0 Å². The summed E-state index contributed by atoms with van der Waals surface area (Å²) < 4.78 is 77.4. The molecule has 1 aromatic rings. The number of anilines is 1. The molecule has 1 aliphatic heterocycles. The summed E-state index contributed by atoms with van der Waals surface area (Å²) in [6, 6.07) is 0.256. The Kier molecular flexibility index (Phi) is 6.99. The van der Waals surface area contributed by atoms with Gasteiger partial charge in [-0.25, -0.2) is 4.98 Å². The van der Waals surface area contributed by atoms with E-state index < -0.39 is 47.7 Å². The molecule has 1 aromatic heterocycles. The van der Waals surface area contributed by atoms with Crippen molar-refractivity contribution in [3.8, 4) is 0 Å². The highest BCUT2D eigenvalue weighted by atomic mass is 19.4. The third kappa shape index (κ3) is 6.30. The van der Waals surface area contributed by atoms with Crippen LogP contribution in [0.4, 0.5) is 32.2 Å². The lowest BCUT2D eigenvalue weighted by atomic mass is 10.0. The highest BCUT2D eigenvalue weighted by Gasteiger charge is 2.38. The average Bonchev–Trinajstić information content (AvgIpc) is 2.48. The van der Waals surface area contributed by atoms with E-state index in [9.17, 15) is 26.3 Å². The van der Waals surface area contributed by atoms with Crippen LogP contribution in [0.5, 0.6) is 0 Å². The topological polar surface area (TPSA) is 109 Å². The molecular formula is C13H16F6N2O4. The van der Waals surface area contributed by atoms with Gasteiger partial charge in [-0.05, 0) is 18.6 Å². The molecule has 1 aliphatic rings. The van der Waals surface area contributed by atoms with Crippen molar-refractivity contribution in [2.45, 2.75) is 37.1 Å². The first-order chi connectivity index (χ1) is 11.4. The molecule has 2 rings (SSSR count). The smallest absolute Gasteiger partial charge is 0.394 e. The van der Waals surface area contributed by atoms with Gasteiger partial charge in [-0.3, -0.25) is 0 Å². The van der Waals surface area contributed by atoms with Crippen LogP contribution in [0.1, 0.15) is 17.7 Å². The zero-order chi connectivity index (χ0) is 19.4. The fourth-order valence-electron chi connectivity index (χ4n) is 1.88. The quantitative estimate of drug-likeness (QED) is 0.547. The maximum Gasteiger partial charge on any atom is 0.433 e. The van der Waals surface area contributed by atoms with Crippen LogP contribution in [-0.2, 0) is 17.1 Å². The molecule has 0 spiro atoms. The number of aliphatic hydroxyl groups excluding tert-OH is 3. The summed E-state index contributed by atoms with van der Waals surface area (Å²) in [5.74, 6) is -0.822. The van der Waals surface area contributed by atoms with E-state index in [0.29, 0.717) is 19.1 Å². The molecule has 0 saturated carbocycles. The van der Waals surface area contributed by atoms with Crippen LogP contribution in [0.15, 0.2) is 12.1 Å². The molecule has 1 saturated heterocycles. The first kappa shape index (κ1) is 21.4. The number of alkyl halides is 6. The van der Waals surface area contributed by atoms with Crippen LogP contribution in [0.2, 0.25) is 0 Å². The summed E-state index contributed by atoms with van der Waals surface area (Å²) in [6.07, 6.45) is -11.7. The molecule has 6 nitrogen and oxygen atoms in total. The molecule has 0 aromatic carbocycles. The summed E-state index contributed by atoms with van der Waals surface area (Å²) in [7, 11) is 0. The van der Waals surface area contributed by atoms with E-state index in [-0.39, 0.29) is 12.7 Å². The molecule has 3 unspecified atom stereocenters. The molecule has 1 fully saturated rings. The van der Waals surface area contributed by atoms with Gasteiger partial charge in [-0.2, -0.15) is 26.3 Å². The van der Waals surface area contributed by atoms with Gasteiger partial charge in [-0.1, -0.05) is 0 Å². The van der Waals surface area contributed by atoms with E-state index in [2.05, 4.69) is 4.98 Å². The maximum atomic E-state index is 12.1. The van der Waals surface area contributed by atoms with E-state index in [4.69, 9.17) is 25.8 Å². The summed E-state index contributed by atoms with van der Waals surface area (Å²) in [5.41, 5.74) is 1.71. The second kappa shape index (κ2) is 8.17. The molecule has 0 amide bonds. The molecule has 25 heavy (non-hydrogen) atoms. The molecule has 2 heterocycles. The van der Waals surface area contributed by atoms with Crippen LogP contribution in [0.25, 0.3) is 0 Å². The highest BCUT2D eigenvalue weighted by Crippen LogP contribution is 2.35. The number of nitrogens with zero attached hydrogens (tertiary/aromatic N) is 1. The monoisotopic (exact) mass is 378 g/mol. The molecule has 3 atom stereocenters. The normalized spacial score (nSPS) is 24.4. The summed E-state index contributed by atoms with van der Waals surface area (Å²) in [4.78, 5) is 2.77. The SMILES string of the molecule is Nc1cc(C(F)(F)F)cc(C(F)(F)F)n1.OCC1OCCC(O)C1O. The molecule has 0 bridgehead atoms. The third-order valence-corrected chi connectivity index (χ3v) is 3.16. The first-order valence-corrected chi connectivity index (χ1v) is 6.86. The summed E-state index contributed by atoms with van der Waals surface area (Å²) in [5, 5.41) is 26.7. The second-order valence-electron chi connectivity index (χ2n) is 5.10. The molecule has 144 valence electrons. The predicted molar refractivity (Wildman–Crippen MR) is 72.1 cm³/mol. The zero-order valence-corrected chi connectivity index (χ0v) is 12.6. The van der Waals surface area contributed by atoms with Crippen LogP contribution >= 0.6 is 0 Å². The van der Waals surface area contributed by atoms with Crippen LogP contribution in [-0.4, -0.2) is 51.8 Å². The van der Waals surface area contributed by atoms with E-state index in [0.717, 1.165) is 0 Å². The van der Waals surface area contributed by atoms with Crippen molar-refractivity contribution in [1.82, 2.24) is 4.98 Å². The number of halogens is 6. The van der Waals surface area contributed by atoms with Gasteiger partial charge >= 0.3 is 12.4 Å². The van der Waals surface area contributed by atoms with E-state index in [1.165, 1.54) is 0 Å². The van der Waals surface area contributed by atoms with Gasteiger partial charge in [0, 0.05) is 6.61 Å². The summed E-state index contributed by atoms with van der Waals surface area (Å²) >= 11 is 0. The third-order valence-electron chi connectivity index (χ3n) is 3.16. The fraction of sp³-hybridized carbons (Fsp3) is 0.615. The van der Waals surface area contributed by atoms with Crippen LogP contribution in [0.3, 0.4) is 0 Å². The second-order valence-corrected chi connectivity index (χ2v) is 5.10. The van der Waals surface area contributed by atoms with Crippen molar-refractivity contribution in [3.63, 3.8) is 0 Å². The highest BCUT2D eigenvalue weighted by molar-refractivity contribution is 5.37. The lowest BCUT2D eigenvalue weighted by Gasteiger charge is -2.30. The number of nitrogen functional groups attached to an aromatic ring is 1.